The first-order valence-corrected chi connectivity index (χ1v) is 22.1. The molecular weight excluding hydrogens is 643 g/mol. The van der Waals surface area contributed by atoms with Crippen LogP contribution in [-0.2, 0) is 14.9 Å². The summed E-state index contributed by atoms with van der Waals surface area (Å²) in [4.78, 5) is 12.5. The van der Waals surface area contributed by atoms with Gasteiger partial charge in [0.25, 0.3) is 10.1 Å². The van der Waals surface area contributed by atoms with Crippen LogP contribution in [0, 0.1) is 0 Å². The average Bonchev–Trinajstić information content (AvgIpc) is 3.08. The van der Waals surface area contributed by atoms with E-state index < -0.39 is 28.0 Å². The van der Waals surface area contributed by atoms with Crippen LogP contribution in [0.2, 0.25) is 0 Å². The molecule has 0 spiro atoms. The summed E-state index contributed by atoms with van der Waals surface area (Å²) in [6.45, 7) is 4.41. The van der Waals surface area contributed by atoms with Crippen molar-refractivity contribution in [2.75, 3.05) is 5.75 Å². The van der Waals surface area contributed by atoms with Gasteiger partial charge in [-0.2, -0.15) is 8.42 Å². The zero-order chi connectivity index (χ0) is 36.8. The first-order chi connectivity index (χ1) is 24.3. The van der Waals surface area contributed by atoms with Crippen LogP contribution in [0.4, 0.5) is 0 Å². The van der Waals surface area contributed by atoms with Crippen LogP contribution in [0.1, 0.15) is 187 Å². The lowest BCUT2D eigenvalue weighted by atomic mass is 10.0. The predicted molar refractivity (Wildman–Crippen MR) is 216 cm³/mol. The molecule has 7 heteroatoms. The SMILES string of the molecule is CC/C=C\C/C=C\C/C=C\CCCCCCCCCC(=O)NC(CS(=O)(=O)O)C(O)/C=C/CC/C=C/CCCCCCCCCCCCCC. The summed E-state index contributed by atoms with van der Waals surface area (Å²) >= 11 is 0. The monoisotopic (exact) mass is 720 g/mol. The predicted octanol–water partition coefficient (Wildman–Crippen LogP) is 12.1. The molecule has 6 nitrogen and oxygen atoms in total. The van der Waals surface area contributed by atoms with E-state index >= 15 is 0 Å². The smallest absolute Gasteiger partial charge is 0.267 e. The van der Waals surface area contributed by atoms with E-state index in [4.69, 9.17) is 0 Å². The highest BCUT2D eigenvalue weighted by molar-refractivity contribution is 7.85. The van der Waals surface area contributed by atoms with Crippen molar-refractivity contribution in [3.05, 3.63) is 60.8 Å². The van der Waals surface area contributed by atoms with Crippen LogP contribution < -0.4 is 5.32 Å². The van der Waals surface area contributed by atoms with Gasteiger partial charge in [-0.15, -0.1) is 0 Å². The van der Waals surface area contributed by atoms with Crippen molar-refractivity contribution < 1.29 is 22.9 Å². The van der Waals surface area contributed by atoms with Gasteiger partial charge in [-0.05, 0) is 64.2 Å². The molecule has 3 N–H and O–H groups in total. The molecule has 0 rings (SSSR count). The van der Waals surface area contributed by atoms with Crippen LogP contribution in [-0.4, -0.2) is 41.9 Å². The molecule has 0 radical (unpaired) electrons. The van der Waals surface area contributed by atoms with Gasteiger partial charge in [-0.1, -0.05) is 177 Å². The van der Waals surface area contributed by atoms with Crippen molar-refractivity contribution in [2.24, 2.45) is 0 Å². The summed E-state index contributed by atoms with van der Waals surface area (Å²) in [5.41, 5.74) is 0. The maximum Gasteiger partial charge on any atom is 0.267 e. The topological polar surface area (TPSA) is 104 Å². The number of hydrogen-bond acceptors (Lipinski definition) is 4. The normalized spacial score (nSPS) is 13.9. The summed E-state index contributed by atoms with van der Waals surface area (Å²) in [5, 5.41) is 13.2. The maximum atomic E-state index is 12.5. The third-order valence-electron chi connectivity index (χ3n) is 8.93. The summed E-state index contributed by atoms with van der Waals surface area (Å²) in [7, 11) is -4.36. The number of aliphatic hydroxyl groups excluding tert-OH is 1. The third-order valence-corrected chi connectivity index (χ3v) is 9.71. The number of nitrogens with one attached hydrogen (secondary N) is 1. The van der Waals surface area contributed by atoms with Gasteiger partial charge in [0, 0.05) is 6.42 Å². The Morgan fingerprint density at radius 3 is 1.50 bits per heavy atom. The fraction of sp³-hybridized carbons (Fsp3) is 0.744. The van der Waals surface area contributed by atoms with Crippen LogP contribution in [0.15, 0.2) is 60.8 Å². The van der Waals surface area contributed by atoms with Crippen LogP contribution in [0.5, 0.6) is 0 Å². The molecule has 0 saturated heterocycles. The highest BCUT2D eigenvalue weighted by Crippen LogP contribution is 2.13. The van der Waals surface area contributed by atoms with Gasteiger partial charge >= 0.3 is 0 Å². The van der Waals surface area contributed by atoms with E-state index in [0.29, 0.717) is 12.8 Å². The van der Waals surface area contributed by atoms with Gasteiger partial charge in [-0.25, -0.2) is 0 Å². The minimum absolute atomic E-state index is 0.274. The second kappa shape index (κ2) is 36.8. The molecule has 1 amide bonds. The van der Waals surface area contributed by atoms with E-state index in [1.165, 1.54) is 102 Å². The van der Waals surface area contributed by atoms with E-state index in [2.05, 4.69) is 67.8 Å². The fourth-order valence-corrected chi connectivity index (χ4v) is 6.63. The van der Waals surface area contributed by atoms with Gasteiger partial charge in [0.15, 0.2) is 0 Å². The molecule has 0 bridgehead atoms. The first kappa shape index (κ1) is 48.0. The van der Waals surface area contributed by atoms with E-state index in [-0.39, 0.29) is 12.3 Å². The van der Waals surface area contributed by atoms with Crippen molar-refractivity contribution in [1.29, 1.82) is 0 Å². The molecule has 50 heavy (non-hydrogen) atoms. The zero-order valence-electron chi connectivity index (χ0n) is 32.3. The summed E-state index contributed by atoms with van der Waals surface area (Å²) < 4.78 is 32.5. The lowest BCUT2D eigenvalue weighted by molar-refractivity contribution is -0.122. The Balaban J connectivity index is 4.00. The van der Waals surface area contributed by atoms with Crippen molar-refractivity contribution in [3.63, 3.8) is 0 Å². The second-order valence-electron chi connectivity index (χ2n) is 13.9. The van der Waals surface area contributed by atoms with Crippen molar-refractivity contribution in [1.82, 2.24) is 5.32 Å². The van der Waals surface area contributed by atoms with Gasteiger partial charge < -0.3 is 10.4 Å². The Hall–Kier alpha value is -1.96. The first-order valence-electron chi connectivity index (χ1n) is 20.5. The fourth-order valence-electron chi connectivity index (χ4n) is 5.89. The molecule has 0 saturated carbocycles. The standard InChI is InChI=1S/C43H77NO5S/c1-3-5-7-9-11-13-15-17-19-21-23-24-26-28-30-32-34-36-38-42(45)41(40-50(47,48)49)44-43(46)39-37-35-33-31-29-27-25-22-20-18-16-14-12-10-8-6-4-2/h6,8,12,14,18,20,28,30,36,38,41-42,45H,3-5,7,9-11,13,15-17,19,21-27,29,31-35,37,39-40H2,1-2H3,(H,44,46)(H,47,48,49)/b8-6-,14-12-,20-18-,30-28+,38-36+. The Morgan fingerprint density at radius 1 is 0.560 bits per heavy atom. The molecule has 0 aromatic carbocycles. The molecule has 0 aliphatic carbocycles. The third kappa shape index (κ3) is 37.3. The van der Waals surface area contributed by atoms with Gasteiger partial charge in [0.2, 0.25) is 5.91 Å². The number of amides is 1. The molecular formula is C43H77NO5S. The van der Waals surface area contributed by atoms with Crippen molar-refractivity contribution in [3.8, 4) is 0 Å². The minimum Gasteiger partial charge on any atom is -0.387 e. The number of aliphatic hydroxyl groups is 1. The minimum atomic E-state index is -4.36. The Labute approximate surface area is 309 Å². The molecule has 290 valence electrons. The van der Waals surface area contributed by atoms with Crippen LogP contribution in [0.3, 0.4) is 0 Å². The lowest BCUT2D eigenvalue weighted by Crippen LogP contribution is -2.46. The number of rotatable bonds is 36. The van der Waals surface area contributed by atoms with E-state index in [9.17, 15) is 22.9 Å². The molecule has 2 unspecified atom stereocenters. The van der Waals surface area contributed by atoms with Gasteiger partial charge in [-0.3, -0.25) is 9.35 Å². The lowest BCUT2D eigenvalue weighted by Gasteiger charge is -2.21. The largest absolute Gasteiger partial charge is 0.387 e. The average molecular weight is 720 g/mol. The number of allylic oxidation sites excluding steroid dienone is 9. The van der Waals surface area contributed by atoms with E-state index in [0.717, 1.165) is 57.8 Å². The summed E-state index contributed by atoms with van der Waals surface area (Å²) in [6.07, 6.45) is 50.6. The van der Waals surface area contributed by atoms with Crippen LogP contribution in [0.25, 0.3) is 0 Å². The maximum absolute atomic E-state index is 12.5. The summed E-state index contributed by atoms with van der Waals surface area (Å²) in [6, 6.07) is -1.08. The highest BCUT2D eigenvalue weighted by Gasteiger charge is 2.24. The summed E-state index contributed by atoms with van der Waals surface area (Å²) in [5.74, 6) is -1.02. The number of unbranched alkanes of at least 4 members (excludes halogenated alkanes) is 20. The second-order valence-corrected chi connectivity index (χ2v) is 15.4. The number of carbonyl (C=O) groups is 1. The molecule has 0 aliphatic heterocycles. The Bertz CT molecular complexity index is 1010. The van der Waals surface area contributed by atoms with Gasteiger partial charge in [0.1, 0.15) is 0 Å². The Kier molecular flexibility index (Phi) is 35.4. The quantitative estimate of drug-likeness (QED) is 0.0340. The molecule has 0 aromatic heterocycles. The van der Waals surface area contributed by atoms with Crippen molar-refractivity contribution >= 4 is 16.0 Å². The van der Waals surface area contributed by atoms with E-state index in [1.807, 2.05) is 6.08 Å². The molecule has 0 fully saturated rings. The molecule has 0 aromatic rings. The molecule has 0 aliphatic rings. The number of hydrogen-bond donors (Lipinski definition) is 3. The zero-order valence-corrected chi connectivity index (χ0v) is 33.1. The Morgan fingerprint density at radius 2 is 0.980 bits per heavy atom. The molecule has 0 heterocycles. The number of carbonyl (C=O) groups excluding carboxylic acids is 1. The van der Waals surface area contributed by atoms with E-state index in [1.54, 1.807) is 0 Å². The highest BCUT2D eigenvalue weighted by atomic mass is 32.2. The van der Waals surface area contributed by atoms with Crippen LogP contribution >= 0.6 is 0 Å². The van der Waals surface area contributed by atoms with Gasteiger partial charge in [0.05, 0.1) is 17.9 Å². The molecule has 2 atom stereocenters. The van der Waals surface area contributed by atoms with Crippen molar-refractivity contribution in [2.45, 2.75) is 199 Å².